The van der Waals surface area contributed by atoms with Gasteiger partial charge in [-0.05, 0) is 25.2 Å². The third-order valence-corrected chi connectivity index (χ3v) is 4.53. The number of sulfonamides is 1. The number of aromatic amines is 1. The van der Waals surface area contributed by atoms with Crippen molar-refractivity contribution in [1.29, 1.82) is 0 Å². The molecule has 7 nitrogen and oxygen atoms in total. The van der Waals surface area contributed by atoms with E-state index >= 15 is 0 Å². The maximum absolute atomic E-state index is 12.1. The van der Waals surface area contributed by atoms with Crippen LogP contribution in [0.1, 0.15) is 37.0 Å². The summed E-state index contributed by atoms with van der Waals surface area (Å²) in [6.07, 6.45) is 3.16. The van der Waals surface area contributed by atoms with Crippen LogP contribution in [-0.2, 0) is 14.8 Å². The van der Waals surface area contributed by atoms with Crippen LogP contribution < -0.4 is 4.72 Å². The number of H-pyrrole nitrogens is 1. The van der Waals surface area contributed by atoms with Crippen LogP contribution in [-0.4, -0.2) is 37.7 Å². The van der Waals surface area contributed by atoms with E-state index in [4.69, 9.17) is 4.74 Å². The zero-order valence-electron chi connectivity index (χ0n) is 10.9. The van der Waals surface area contributed by atoms with E-state index in [2.05, 4.69) is 14.9 Å². The largest absolute Gasteiger partial charge is 0.462 e. The third kappa shape index (κ3) is 3.13. The fourth-order valence-corrected chi connectivity index (χ4v) is 2.85. The predicted octanol–water partition coefficient (Wildman–Crippen LogP) is 0.665. The van der Waals surface area contributed by atoms with E-state index in [1.54, 1.807) is 6.92 Å². The molecule has 0 atom stereocenters. The third-order valence-electron chi connectivity index (χ3n) is 3.16. The van der Waals surface area contributed by atoms with E-state index in [0.717, 1.165) is 19.0 Å². The van der Waals surface area contributed by atoms with Crippen LogP contribution in [0.15, 0.2) is 11.2 Å². The van der Waals surface area contributed by atoms with Gasteiger partial charge in [0.05, 0.1) is 12.8 Å². The van der Waals surface area contributed by atoms with Gasteiger partial charge in [-0.2, -0.15) is 5.10 Å². The lowest BCUT2D eigenvalue weighted by Gasteiger charge is -2.10. The van der Waals surface area contributed by atoms with Gasteiger partial charge in [-0.15, -0.1) is 0 Å². The van der Waals surface area contributed by atoms with E-state index in [1.807, 2.05) is 6.92 Å². The van der Waals surface area contributed by atoms with Crippen molar-refractivity contribution in [3.05, 3.63) is 11.8 Å². The minimum Gasteiger partial charge on any atom is -0.462 e. The predicted molar refractivity (Wildman–Crippen MR) is 67.1 cm³/mol. The Morgan fingerprint density at radius 2 is 2.26 bits per heavy atom. The monoisotopic (exact) mass is 287 g/mol. The van der Waals surface area contributed by atoms with Crippen molar-refractivity contribution in [2.75, 3.05) is 13.2 Å². The van der Waals surface area contributed by atoms with Gasteiger partial charge in [0.25, 0.3) is 10.0 Å². The molecule has 2 N–H and O–H groups in total. The normalized spacial score (nSPS) is 17.2. The molecule has 0 amide bonds. The Morgan fingerprint density at radius 1 is 1.58 bits per heavy atom. The summed E-state index contributed by atoms with van der Waals surface area (Å²) in [6.45, 7) is 4.19. The summed E-state index contributed by atoms with van der Waals surface area (Å²) in [7, 11) is -3.77. The molecule has 19 heavy (non-hydrogen) atoms. The summed E-state index contributed by atoms with van der Waals surface area (Å²) in [5, 5.41) is 5.71. The molecular weight excluding hydrogens is 270 g/mol. The fraction of sp³-hybridized carbons (Fsp3) is 0.636. The molecule has 1 saturated carbocycles. The molecule has 1 heterocycles. The first-order chi connectivity index (χ1) is 8.88. The zero-order valence-corrected chi connectivity index (χ0v) is 11.7. The standard InChI is InChI=1S/C11H17N3O4S/c1-3-18-10(15)8-6-12-14-9(8)19(16,17)13-7-11(2)4-5-11/h6,13H,3-5,7H2,1-2H3,(H,12,14). The van der Waals surface area contributed by atoms with E-state index < -0.39 is 16.0 Å². The second-order valence-electron chi connectivity index (χ2n) is 4.97. The molecular formula is C11H17N3O4S. The van der Waals surface area contributed by atoms with Crippen LogP contribution >= 0.6 is 0 Å². The molecule has 0 spiro atoms. The summed E-state index contributed by atoms with van der Waals surface area (Å²) < 4.78 is 31.5. The van der Waals surface area contributed by atoms with Gasteiger partial charge in [0.15, 0.2) is 5.03 Å². The number of aromatic nitrogens is 2. The highest BCUT2D eigenvalue weighted by atomic mass is 32.2. The second-order valence-corrected chi connectivity index (χ2v) is 6.67. The van der Waals surface area contributed by atoms with Gasteiger partial charge in [-0.3, -0.25) is 5.10 Å². The average molecular weight is 287 g/mol. The Bertz CT molecular complexity index is 575. The first-order valence-corrected chi connectivity index (χ1v) is 7.56. The Balaban J connectivity index is 2.16. The van der Waals surface area contributed by atoms with E-state index in [0.29, 0.717) is 6.54 Å². The number of ether oxygens (including phenoxy) is 1. The first kappa shape index (κ1) is 14.0. The van der Waals surface area contributed by atoms with Crippen LogP contribution in [0.5, 0.6) is 0 Å². The quantitative estimate of drug-likeness (QED) is 0.749. The first-order valence-electron chi connectivity index (χ1n) is 6.08. The van der Waals surface area contributed by atoms with Crippen molar-refractivity contribution in [2.24, 2.45) is 5.41 Å². The van der Waals surface area contributed by atoms with Crippen LogP contribution in [0, 0.1) is 5.41 Å². The summed E-state index contributed by atoms with van der Waals surface area (Å²) in [5.74, 6) is -0.700. The molecule has 0 bridgehead atoms. The molecule has 0 aromatic carbocycles. The smallest absolute Gasteiger partial charge is 0.342 e. The van der Waals surface area contributed by atoms with Crippen molar-refractivity contribution in [1.82, 2.24) is 14.9 Å². The van der Waals surface area contributed by atoms with Crippen molar-refractivity contribution in [3.63, 3.8) is 0 Å². The number of rotatable bonds is 6. The van der Waals surface area contributed by atoms with Gasteiger partial charge in [0.2, 0.25) is 0 Å². The van der Waals surface area contributed by atoms with Crippen LogP contribution in [0.2, 0.25) is 0 Å². The molecule has 2 rings (SSSR count). The van der Waals surface area contributed by atoms with Gasteiger partial charge >= 0.3 is 5.97 Å². The number of carbonyl (C=O) groups excluding carboxylic acids is 1. The van der Waals surface area contributed by atoms with Gasteiger partial charge in [-0.25, -0.2) is 17.9 Å². The molecule has 1 aromatic heterocycles. The van der Waals surface area contributed by atoms with Gasteiger partial charge in [0, 0.05) is 6.54 Å². The van der Waals surface area contributed by atoms with Crippen LogP contribution in [0.4, 0.5) is 0 Å². The number of nitrogens with zero attached hydrogens (tertiary/aromatic N) is 1. The molecule has 0 radical (unpaired) electrons. The number of hydrogen-bond acceptors (Lipinski definition) is 5. The molecule has 1 fully saturated rings. The number of carbonyl (C=O) groups is 1. The van der Waals surface area contributed by atoms with Crippen LogP contribution in [0.25, 0.3) is 0 Å². The second kappa shape index (κ2) is 4.93. The Morgan fingerprint density at radius 3 is 2.84 bits per heavy atom. The maximum Gasteiger partial charge on any atom is 0.342 e. The SMILES string of the molecule is CCOC(=O)c1cn[nH]c1S(=O)(=O)NCC1(C)CC1. The maximum atomic E-state index is 12.1. The van der Waals surface area contributed by atoms with E-state index in [1.165, 1.54) is 0 Å². The summed E-state index contributed by atoms with van der Waals surface area (Å²) in [5.41, 5.74) is -0.0349. The average Bonchev–Trinajstić information content (AvgIpc) is 2.91. The molecule has 1 aliphatic rings. The van der Waals surface area contributed by atoms with Gasteiger partial charge in [-0.1, -0.05) is 6.92 Å². The minimum absolute atomic E-state index is 0.0389. The van der Waals surface area contributed by atoms with Crippen molar-refractivity contribution < 1.29 is 17.9 Å². The lowest BCUT2D eigenvalue weighted by atomic mass is 10.2. The molecule has 0 saturated heterocycles. The minimum atomic E-state index is -3.77. The number of nitrogens with one attached hydrogen (secondary N) is 2. The number of hydrogen-bond donors (Lipinski definition) is 2. The van der Waals surface area contributed by atoms with Crippen molar-refractivity contribution in [3.8, 4) is 0 Å². The zero-order chi connectivity index (χ0) is 14.1. The Labute approximate surface area is 111 Å². The highest BCUT2D eigenvalue weighted by Gasteiger charge is 2.38. The highest BCUT2D eigenvalue weighted by molar-refractivity contribution is 7.89. The Kier molecular flexibility index (Phi) is 3.64. The van der Waals surface area contributed by atoms with E-state index in [-0.39, 0.29) is 22.6 Å². The molecule has 8 heteroatoms. The topological polar surface area (TPSA) is 101 Å². The number of esters is 1. The molecule has 106 valence electrons. The van der Waals surface area contributed by atoms with Crippen molar-refractivity contribution in [2.45, 2.75) is 31.7 Å². The fourth-order valence-electron chi connectivity index (χ4n) is 1.56. The summed E-state index contributed by atoms with van der Waals surface area (Å²) in [4.78, 5) is 11.6. The van der Waals surface area contributed by atoms with Gasteiger partial charge in [0.1, 0.15) is 5.56 Å². The highest BCUT2D eigenvalue weighted by Crippen LogP contribution is 2.44. The molecule has 1 aliphatic carbocycles. The molecule has 0 unspecified atom stereocenters. The lowest BCUT2D eigenvalue weighted by Crippen LogP contribution is -2.30. The summed E-state index contributed by atoms with van der Waals surface area (Å²) in [6, 6.07) is 0. The lowest BCUT2D eigenvalue weighted by molar-refractivity contribution is 0.0522. The molecule has 1 aromatic rings. The molecule has 0 aliphatic heterocycles. The van der Waals surface area contributed by atoms with Crippen LogP contribution in [0.3, 0.4) is 0 Å². The van der Waals surface area contributed by atoms with Gasteiger partial charge < -0.3 is 4.74 Å². The Hall–Kier alpha value is -1.41. The van der Waals surface area contributed by atoms with Crippen molar-refractivity contribution >= 4 is 16.0 Å². The summed E-state index contributed by atoms with van der Waals surface area (Å²) >= 11 is 0. The van der Waals surface area contributed by atoms with E-state index in [9.17, 15) is 13.2 Å².